The van der Waals surface area contributed by atoms with Crippen LogP contribution in [-0.4, -0.2) is 31.7 Å². The van der Waals surface area contributed by atoms with Crippen LogP contribution in [0.5, 0.6) is 0 Å². The fraction of sp³-hybridized carbons (Fsp3) is 0.500. The van der Waals surface area contributed by atoms with Crippen LogP contribution in [0.2, 0.25) is 5.02 Å². The van der Waals surface area contributed by atoms with Gasteiger partial charge in [0.1, 0.15) is 6.54 Å². The molecule has 1 fully saturated rings. The van der Waals surface area contributed by atoms with Crippen molar-refractivity contribution in [2.45, 2.75) is 45.2 Å². The van der Waals surface area contributed by atoms with E-state index in [4.69, 9.17) is 11.6 Å². The van der Waals surface area contributed by atoms with E-state index in [2.05, 4.69) is 22.7 Å². The molecule has 1 aromatic carbocycles. The first kappa shape index (κ1) is 16.7. The Kier molecular flexibility index (Phi) is 4.99. The Morgan fingerprint density at radius 1 is 1.29 bits per heavy atom. The van der Waals surface area contributed by atoms with Gasteiger partial charge < -0.3 is 5.32 Å². The van der Waals surface area contributed by atoms with E-state index in [-0.39, 0.29) is 18.5 Å². The molecule has 1 amide bonds. The van der Waals surface area contributed by atoms with E-state index in [1.54, 1.807) is 24.3 Å². The molecular formula is C16H20ClN5O2. The van der Waals surface area contributed by atoms with Crippen molar-refractivity contribution >= 4 is 17.5 Å². The minimum atomic E-state index is -0.491. The van der Waals surface area contributed by atoms with Crippen molar-refractivity contribution < 1.29 is 4.79 Å². The summed E-state index contributed by atoms with van der Waals surface area (Å²) in [5, 5.41) is 11.0. The molecule has 2 atom stereocenters. The maximum absolute atomic E-state index is 12.4. The third-order valence-corrected chi connectivity index (χ3v) is 4.79. The number of rotatable bonds is 4. The predicted molar refractivity (Wildman–Crippen MR) is 90.2 cm³/mol. The van der Waals surface area contributed by atoms with Gasteiger partial charge in [0.25, 0.3) is 0 Å². The lowest BCUT2D eigenvalue weighted by atomic mass is 9.86. The molecular weight excluding hydrogens is 330 g/mol. The Hall–Kier alpha value is -2.15. The van der Waals surface area contributed by atoms with Gasteiger partial charge in [0.15, 0.2) is 0 Å². The van der Waals surface area contributed by atoms with Crippen LogP contribution in [0.3, 0.4) is 0 Å². The number of amides is 1. The Balaban J connectivity index is 1.71. The summed E-state index contributed by atoms with van der Waals surface area (Å²) >= 11 is 6.07. The van der Waals surface area contributed by atoms with Crippen LogP contribution in [-0.2, 0) is 11.3 Å². The molecule has 1 aliphatic rings. The van der Waals surface area contributed by atoms with E-state index in [1.807, 2.05) is 0 Å². The second kappa shape index (κ2) is 7.17. The lowest BCUT2D eigenvalue weighted by Gasteiger charge is -2.29. The highest BCUT2D eigenvalue weighted by Gasteiger charge is 2.23. The van der Waals surface area contributed by atoms with Crippen LogP contribution >= 0.6 is 11.6 Å². The van der Waals surface area contributed by atoms with Gasteiger partial charge in [-0.1, -0.05) is 43.5 Å². The zero-order chi connectivity index (χ0) is 17.1. The summed E-state index contributed by atoms with van der Waals surface area (Å²) in [4.78, 5) is 24.6. The van der Waals surface area contributed by atoms with Crippen molar-refractivity contribution in [3.05, 3.63) is 39.8 Å². The summed E-state index contributed by atoms with van der Waals surface area (Å²) < 4.78 is 2.14. The van der Waals surface area contributed by atoms with Crippen molar-refractivity contribution in [3.63, 3.8) is 0 Å². The summed E-state index contributed by atoms with van der Waals surface area (Å²) in [5.41, 5.74) is -0.0494. The number of halogens is 1. The molecule has 8 heteroatoms. The fourth-order valence-electron chi connectivity index (χ4n) is 3.07. The van der Waals surface area contributed by atoms with Crippen LogP contribution in [0.25, 0.3) is 5.69 Å². The minimum Gasteiger partial charge on any atom is -0.351 e. The van der Waals surface area contributed by atoms with Gasteiger partial charge >= 0.3 is 5.69 Å². The monoisotopic (exact) mass is 349 g/mol. The van der Waals surface area contributed by atoms with Crippen molar-refractivity contribution in [1.29, 1.82) is 0 Å². The summed E-state index contributed by atoms with van der Waals surface area (Å²) in [6.45, 7) is 2.00. The number of aromatic nitrogens is 4. The molecule has 24 heavy (non-hydrogen) atoms. The summed E-state index contributed by atoms with van der Waals surface area (Å²) in [7, 11) is 0. The average Bonchev–Trinajstić information content (AvgIpc) is 2.91. The van der Waals surface area contributed by atoms with E-state index in [1.165, 1.54) is 6.42 Å². The van der Waals surface area contributed by atoms with Crippen molar-refractivity contribution in [2.75, 3.05) is 0 Å². The molecule has 0 spiro atoms. The summed E-state index contributed by atoms with van der Waals surface area (Å²) in [6, 6.07) is 7.02. The standard InChI is InChI=1S/C16H20ClN5O2/c1-11-6-2-4-8-13(11)18-15(23)10-21-16(24)22(20-19-21)14-9-5-3-7-12(14)17/h3,5,7,9,11,13H,2,4,6,8,10H2,1H3,(H,18,23)/t11-,13+/m0/s1. The average molecular weight is 350 g/mol. The highest BCUT2D eigenvalue weighted by molar-refractivity contribution is 6.32. The molecule has 0 saturated heterocycles. The minimum absolute atomic E-state index is 0.146. The molecule has 128 valence electrons. The molecule has 0 bridgehead atoms. The lowest BCUT2D eigenvalue weighted by molar-refractivity contribution is -0.123. The van der Waals surface area contributed by atoms with Crippen molar-refractivity contribution in [2.24, 2.45) is 5.92 Å². The molecule has 7 nitrogen and oxygen atoms in total. The van der Waals surface area contributed by atoms with Gasteiger partial charge in [0.05, 0.1) is 10.7 Å². The maximum atomic E-state index is 12.4. The molecule has 1 N–H and O–H groups in total. The van der Waals surface area contributed by atoms with Crippen molar-refractivity contribution in [3.8, 4) is 5.69 Å². The number of nitrogens with one attached hydrogen (secondary N) is 1. The number of hydrogen-bond acceptors (Lipinski definition) is 4. The first-order chi connectivity index (χ1) is 11.6. The smallest absolute Gasteiger partial charge is 0.351 e. The second-order valence-electron chi connectivity index (χ2n) is 6.22. The SMILES string of the molecule is C[C@H]1CCCC[C@H]1NC(=O)Cn1nnn(-c2ccccc2Cl)c1=O. The normalized spacial score (nSPS) is 20.8. The third kappa shape index (κ3) is 3.51. The third-order valence-electron chi connectivity index (χ3n) is 4.47. The highest BCUT2D eigenvalue weighted by atomic mass is 35.5. The van der Waals surface area contributed by atoms with E-state index in [0.717, 1.165) is 28.6 Å². The Labute approximate surface area is 144 Å². The number of carbonyl (C=O) groups excluding carboxylic acids is 1. The topological polar surface area (TPSA) is 81.8 Å². The van der Waals surface area contributed by atoms with Crippen LogP contribution in [0.4, 0.5) is 0 Å². The number of hydrogen-bond donors (Lipinski definition) is 1. The van der Waals surface area contributed by atoms with Crippen LogP contribution in [0.15, 0.2) is 29.1 Å². The van der Waals surface area contributed by atoms with E-state index in [0.29, 0.717) is 16.6 Å². The van der Waals surface area contributed by atoms with Gasteiger partial charge in [-0.05, 0) is 41.3 Å². The van der Waals surface area contributed by atoms with Gasteiger partial charge in [-0.2, -0.15) is 9.36 Å². The first-order valence-electron chi connectivity index (χ1n) is 8.13. The molecule has 1 aliphatic carbocycles. The van der Waals surface area contributed by atoms with Gasteiger partial charge in [0.2, 0.25) is 5.91 Å². The molecule has 0 radical (unpaired) electrons. The number of benzene rings is 1. The molecule has 1 aromatic heterocycles. The summed E-state index contributed by atoms with van der Waals surface area (Å²) in [5.74, 6) is 0.236. The largest absolute Gasteiger partial charge is 0.369 e. The zero-order valence-electron chi connectivity index (χ0n) is 13.5. The molecule has 0 unspecified atom stereocenters. The predicted octanol–water partition coefficient (Wildman–Crippen LogP) is 1.78. The van der Waals surface area contributed by atoms with Gasteiger partial charge in [-0.15, -0.1) is 0 Å². The quantitative estimate of drug-likeness (QED) is 0.912. The highest BCUT2D eigenvalue weighted by Crippen LogP contribution is 2.23. The van der Waals surface area contributed by atoms with E-state index < -0.39 is 5.69 Å². The van der Waals surface area contributed by atoms with Gasteiger partial charge in [0, 0.05) is 6.04 Å². The Bertz CT molecular complexity index is 785. The molecule has 2 aromatic rings. The molecule has 1 saturated carbocycles. The number of tetrazole rings is 1. The number of carbonyl (C=O) groups is 1. The molecule has 1 heterocycles. The zero-order valence-corrected chi connectivity index (χ0v) is 14.2. The maximum Gasteiger partial charge on any atom is 0.369 e. The van der Waals surface area contributed by atoms with E-state index >= 15 is 0 Å². The Morgan fingerprint density at radius 3 is 2.79 bits per heavy atom. The first-order valence-corrected chi connectivity index (χ1v) is 8.51. The van der Waals surface area contributed by atoms with Crippen LogP contribution in [0, 0.1) is 5.92 Å². The van der Waals surface area contributed by atoms with Crippen LogP contribution in [0.1, 0.15) is 32.6 Å². The number of para-hydroxylation sites is 1. The molecule has 3 rings (SSSR count). The van der Waals surface area contributed by atoms with Gasteiger partial charge in [-0.3, -0.25) is 4.79 Å². The molecule has 0 aliphatic heterocycles. The Morgan fingerprint density at radius 2 is 2.04 bits per heavy atom. The van der Waals surface area contributed by atoms with Crippen molar-refractivity contribution in [1.82, 2.24) is 25.1 Å². The lowest BCUT2D eigenvalue weighted by Crippen LogP contribution is -2.43. The number of nitrogens with zero attached hydrogens (tertiary/aromatic N) is 4. The second-order valence-corrected chi connectivity index (χ2v) is 6.63. The van der Waals surface area contributed by atoms with E-state index in [9.17, 15) is 9.59 Å². The summed E-state index contributed by atoms with van der Waals surface area (Å²) in [6.07, 6.45) is 4.43. The van der Waals surface area contributed by atoms with Gasteiger partial charge in [-0.25, -0.2) is 4.79 Å². The fourth-order valence-corrected chi connectivity index (χ4v) is 3.28. The van der Waals surface area contributed by atoms with Crippen LogP contribution < -0.4 is 11.0 Å².